The second-order valence-electron chi connectivity index (χ2n) is 6.44. The molecule has 0 fully saturated rings. The normalized spacial score (nSPS) is 21.2. The molecule has 3 amide bonds. The van der Waals surface area contributed by atoms with Crippen LogP contribution in [0.15, 0.2) is 23.3 Å². The summed E-state index contributed by atoms with van der Waals surface area (Å²) in [6, 6.07) is 5.69. The van der Waals surface area contributed by atoms with Gasteiger partial charge in [-0.1, -0.05) is 31.5 Å². The van der Waals surface area contributed by atoms with Gasteiger partial charge in [0.25, 0.3) is 5.91 Å². The molecule has 7 nitrogen and oxygen atoms in total. The highest BCUT2D eigenvalue weighted by molar-refractivity contribution is 8.15. The van der Waals surface area contributed by atoms with Crippen molar-refractivity contribution in [3.05, 3.63) is 29.3 Å². The number of nitrogens with one attached hydrogen (secondary N) is 1. The molecule has 1 N–H and O–H groups in total. The Labute approximate surface area is 156 Å². The summed E-state index contributed by atoms with van der Waals surface area (Å²) >= 11 is 1.11. The van der Waals surface area contributed by atoms with E-state index < -0.39 is 4.87 Å². The topological polar surface area (TPSA) is 82.1 Å². The lowest BCUT2D eigenvalue weighted by Gasteiger charge is -2.29. The molecular formula is C18H22N4O3S. The van der Waals surface area contributed by atoms with Gasteiger partial charge in [0, 0.05) is 26.0 Å². The molecule has 1 spiro atoms. The van der Waals surface area contributed by atoms with Crippen LogP contribution < -0.4 is 10.2 Å². The lowest BCUT2D eigenvalue weighted by Crippen LogP contribution is -2.48. The highest BCUT2D eigenvalue weighted by Crippen LogP contribution is 2.55. The van der Waals surface area contributed by atoms with Crippen molar-refractivity contribution in [3.63, 3.8) is 0 Å². The number of benzene rings is 1. The SMILES string of the molecule is CCCCN1C(=O)[C@@]2(SC(NC(C)=O)=NN2C(C)=O)c2cccc(C)c21. The Morgan fingerprint density at radius 1 is 1.31 bits per heavy atom. The number of amides is 3. The molecule has 0 unspecified atom stereocenters. The number of hydrogen-bond donors (Lipinski definition) is 1. The van der Waals surface area contributed by atoms with Crippen molar-refractivity contribution >= 4 is 40.3 Å². The number of unbranched alkanes of at least 4 members (excludes halogenated alkanes) is 1. The third-order valence-corrected chi connectivity index (χ3v) is 5.70. The molecule has 0 radical (unpaired) electrons. The van der Waals surface area contributed by atoms with E-state index in [1.807, 2.05) is 25.1 Å². The summed E-state index contributed by atoms with van der Waals surface area (Å²) < 4.78 is 0. The minimum atomic E-state index is -1.29. The number of carbonyl (C=O) groups excluding carboxylic acids is 3. The van der Waals surface area contributed by atoms with E-state index in [1.54, 1.807) is 4.90 Å². The van der Waals surface area contributed by atoms with Gasteiger partial charge in [-0.3, -0.25) is 14.4 Å². The molecule has 0 saturated carbocycles. The minimum absolute atomic E-state index is 0.195. The van der Waals surface area contributed by atoms with Crippen molar-refractivity contribution in [2.75, 3.05) is 11.4 Å². The van der Waals surface area contributed by atoms with E-state index in [4.69, 9.17) is 0 Å². The zero-order valence-electron chi connectivity index (χ0n) is 15.3. The number of carbonyl (C=O) groups is 3. The summed E-state index contributed by atoms with van der Waals surface area (Å²) in [5.74, 6) is -0.842. The molecule has 0 bridgehead atoms. The van der Waals surface area contributed by atoms with Crippen molar-refractivity contribution in [2.45, 2.75) is 45.4 Å². The van der Waals surface area contributed by atoms with Crippen LogP contribution in [0, 0.1) is 6.92 Å². The summed E-state index contributed by atoms with van der Waals surface area (Å²) in [7, 11) is 0. The highest BCUT2D eigenvalue weighted by atomic mass is 32.2. The van der Waals surface area contributed by atoms with Crippen LogP contribution in [0.5, 0.6) is 0 Å². The van der Waals surface area contributed by atoms with Crippen molar-refractivity contribution in [3.8, 4) is 0 Å². The Balaban J connectivity index is 2.14. The molecule has 8 heteroatoms. The first-order valence-electron chi connectivity index (χ1n) is 8.61. The second kappa shape index (κ2) is 6.75. The molecule has 0 aliphatic carbocycles. The van der Waals surface area contributed by atoms with Gasteiger partial charge in [0.05, 0.1) is 5.69 Å². The Kier molecular flexibility index (Phi) is 4.79. The van der Waals surface area contributed by atoms with Crippen molar-refractivity contribution in [2.24, 2.45) is 5.10 Å². The standard InChI is InChI=1S/C18H22N4O3S/c1-5-6-10-21-15-11(2)8-7-9-14(15)18(16(21)25)22(13(4)24)20-17(26-18)19-12(3)23/h7-9H,5-6,10H2,1-4H3,(H,19,20,23)/t18-/m0/s1. The van der Waals surface area contributed by atoms with E-state index in [0.29, 0.717) is 6.54 Å². The van der Waals surface area contributed by atoms with Gasteiger partial charge in [-0.2, -0.15) is 5.01 Å². The number of rotatable bonds is 3. The first-order chi connectivity index (χ1) is 12.3. The zero-order valence-corrected chi connectivity index (χ0v) is 16.1. The Morgan fingerprint density at radius 2 is 2.04 bits per heavy atom. The number of para-hydroxylation sites is 1. The van der Waals surface area contributed by atoms with E-state index in [9.17, 15) is 14.4 Å². The van der Waals surface area contributed by atoms with Crippen molar-refractivity contribution < 1.29 is 14.4 Å². The molecule has 2 aliphatic heterocycles. The first-order valence-corrected chi connectivity index (χ1v) is 9.42. The van der Waals surface area contributed by atoms with Gasteiger partial charge in [-0.15, -0.1) is 5.10 Å². The Morgan fingerprint density at radius 3 is 2.65 bits per heavy atom. The Bertz CT molecular complexity index is 823. The van der Waals surface area contributed by atoms with Crippen LogP contribution in [0.1, 0.15) is 44.7 Å². The molecule has 1 atom stereocenters. The molecule has 0 saturated heterocycles. The number of aryl methyl sites for hydroxylation is 1. The van der Waals surface area contributed by atoms with E-state index in [0.717, 1.165) is 41.4 Å². The summed E-state index contributed by atoms with van der Waals surface area (Å²) in [5.41, 5.74) is 2.55. The van der Waals surface area contributed by atoms with Crippen LogP contribution in [0.25, 0.3) is 0 Å². The summed E-state index contributed by atoms with van der Waals surface area (Å²) in [6.07, 6.45) is 1.81. The predicted molar refractivity (Wildman–Crippen MR) is 101 cm³/mol. The van der Waals surface area contributed by atoms with Gasteiger partial charge in [-0.05, 0) is 30.7 Å². The number of fused-ring (bicyclic) bond motifs is 2. The van der Waals surface area contributed by atoms with Crippen LogP contribution in [0.2, 0.25) is 0 Å². The lowest BCUT2D eigenvalue weighted by atomic mass is 10.0. The van der Waals surface area contributed by atoms with E-state index in [1.165, 1.54) is 18.9 Å². The number of amidine groups is 1. The molecule has 138 valence electrons. The third-order valence-electron chi connectivity index (χ3n) is 4.46. The molecular weight excluding hydrogens is 352 g/mol. The van der Waals surface area contributed by atoms with Crippen LogP contribution in [-0.4, -0.2) is 34.4 Å². The van der Waals surface area contributed by atoms with Crippen LogP contribution in [-0.2, 0) is 19.3 Å². The zero-order chi connectivity index (χ0) is 19.1. The van der Waals surface area contributed by atoms with Gasteiger partial charge < -0.3 is 10.2 Å². The summed E-state index contributed by atoms with van der Waals surface area (Å²) in [6.45, 7) is 7.35. The van der Waals surface area contributed by atoms with E-state index in [-0.39, 0.29) is 22.9 Å². The molecule has 0 aromatic heterocycles. The van der Waals surface area contributed by atoms with E-state index in [2.05, 4.69) is 17.3 Å². The van der Waals surface area contributed by atoms with Gasteiger partial charge in [0.15, 0.2) is 5.17 Å². The number of thioether (sulfide) groups is 1. The maximum atomic E-state index is 13.5. The fourth-order valence-electron chi connectivity index (χ4n) is 3.38. The average molecular weight is 374 g/mol. The summed E-state index contributed by atoms with van der Waals surface area (Å²) in [5, 5.41) is 8.31. The smallest absolute Gasteiger partial charge is 0.270 e. The number of hydrogen-bond acceptors (Lipinski definition) is 5. The van der Waals surface area contributed by atoms with Crippen LogP contribution >= 0.6 is 11.8 Å². The lowest BCUT2D eigenvalue weighted by molar-refractivity contribution is -0.139. The maximum Gasteiger partial charge on any atom is 0.270 e. The fourth-order valence-corrected chi connectivity index (χ4v) is 4.71. The van der Waals surface area contributed by atoms with Crippen molar-refractivity contribution in [1.82, 2.24) is 10.3 Å². The first kappa shape index (κ1) is 18.4. The number of nitrogens with zero attached hydrogens (tertiary/aromatic N) is 3. The van der Waals surface area contributed by atoms with Crippen LogP contribution in [0.3, 0.4) is 0 Å². The quantitative estimate of drug-likeness (QED) is 0.880. The molecule has 3 rings (SSSR count). The summed E-state index contributed by atoms with van der Waals surface area (Å²) in [4.78, 5) is 37.8. The van der Waals surface area contributed by atoms with E-state index >= 15 is 0 Å². The Hall–Kier alpha value is -2.35. The molecule has 1 aromatic carbocycles. The highest BCUT2D eigenvalue weighted by Gasteiger charge is 2.61. The second-order valence-corrected chi connectivity index (χ2v) is 7.63. The molecule has 26 heavy (non-hydrogen) atoms. The van der Waals surface area contributed by atoms with Crippen LogP contribution in [0.4, 0.5) is 5.69 Å². The van der Waals surface area contributed by atoms with Gasteiger partial charge in [-0.25, -0.2) is 0 Å². The minimum Gasteiger partial charge on any atom is -0.309 e. The number of anilines is 1. The average Bonchev–Trinajstić information content (AvgIpc) is 3.05. The van der Waals surface area contributed by atoms with Gasteiger partial charge in [0.2, 0.25) is 16.7 Å². The number of hydrazone groups is 1. The molecule has 1 aromatic rings. The predicted octanol–water partition coefficient (Wildman–Crippen LogP) is 2.30. The van der Waals surface area contributed by atoms with Gasteiger partial charge >= 0.3 is 0 Å². The molecule has 2 heterocycles. The fraction of sp³-hybridized carbons (Fsp3) is 0.444. The van der Waals surface area contributed by atoms with Crippen molar-refractivity contribution in [1.29, 1.82) is 0 Å². The monoisotopic (exact) mass is 374 g/mol. The van der Waals surface area contributed by atoms with Gasteiger partial charge in [0.1, 0.15) is 0 Å². The third kappa shape index (κ3) is 2.68. The largest absolute Gasteiger partial charge is 0.309 e. The molecule has 2 aliphatic rings. The maximum absolute atomic E-state index is 13.5.